The molecule has 1 saturated heterocycles. The summed E-state index contributed by atoms with van der Waals surface area (Å²) >= 11 is 0. The van der Waals surface area contributed by atoms with E-state index in [1.165, 1.54) is 7.11 Å². The Morgan fingerprint density at radius 2 is 2.10 bits per heavy atom. The number of primary amides is 1. The van der Waals surface area contributed by atoms with E-state index in [-0.39, 0.29) is 31.2 Å². The fraction of sp³-hybridized carbons (Fsp3) is 0.526. The van der Waals surface area contributed by atoms with Crippen LogP contribution in [0.1, 0.15) is 31.2 Å². The zero-order chi connectivity index (χ0) is 21.2. The predicted octanol–water partition coefficient (Wildman–Crippen LogP) is -1.22. The molecule has 5 N–H and O–H groups in total. The largest absolute Gasteiger partial charge is 0.467 e. The Labute approximate surface area is 169 Å². The van der Waals surface area contributed by atoms with E-state index in [0.717, 1.165) is 18.5 Å². The monoisotopic (exact) mass is 405 g/mol. The fourth-order valence-corrected chi connectivity index (χ4v) is 3.09. The number of carbonyl (C=O) groups is 4. The zero-order valence-electron chi connectivity index (χ0n) is 16.3. The molecule has 158 valence electrons. The molecule has 10 nitrogen and oxygen atoms in total. The molecule has 1 aromatic heterocycles. The Balaban J connectivity index is 2.11. The normalized spacial score (nSPS) is 17.8. The van der Waals surface area contributed by atoms with Crippen LogP contribution in [0.25, 0.3) is 0 Å². The van der Waals surface area contributed by atoms with Crippen LogP contribution in [0, 0.1) is 0 Å². The molecule has 1 aliphatic heterocycles. The van der Waals surface area contributed by atoms with Crippen LogP contribution in [0.4, 0.5) is 0 Å². The summed E-state index contributed by atoms with van der Waals surface area (Å²) in [7, 11) is 1.19. The first-order chi connectivity index (χ1) is 13.9. The lowest BCUT2D eigenvalue weighted by atomic mass is 10.0. The van der Waals surface area contributed by atoms with Crippen LogP contribution in [0.3, 0.4) is 0 Å². The lowest BCUT2D eigenvalue weighted by Gasteiger charge is -2.23. The van der Waals surface area contributed by atoms with Gasteiger partial charge in [0.2, 0.25) is 17.7 Å². The van der Waals surface area contributed by atoms with Crippen LogP contribution >= 0.6 is 0 Å². The molecule has 3 amide bonds. The number of nitrogens with two attached hydrogens (primary N) is 1. The van der Waals surface area contributed by atoms with E-state index in [9.17, 15) is 19.2 Å². The third-order valence-corrected chi connectivity index (χ3v) is 4.65. The number of ether oxygens (including phenoxy) is 1. The summed E-state index contributed by atoms with van der Waals surface area (Å²) in [5.41, 5.74) is 5.89. The minimum atomic E-state index is -1.04. The minimum absolute atomic E-state index is 0.00544. The first kappa shape index (κ1) is 22.3. The van der Waals surface area contributed by atoms with Gasteiger partial charge in [-0.1, -0.05) is 6.07 Å². The molecular formula is C19H27N5O5. The van der Waals surface area contributed by atoms with Crippen molar-refractivity contribution in [1.29, 1.82) is 0 Å². The number of aromatic nitrogens is 1. The van der Waals surface area contributed by atoms with Gasteiger partial charge in [-0.05, 0) is 37.4 Å². The third kappa shape index (κ3) is 7.15. The molecule has 0 bridgehead atoms. The van der Waals surface area contributed by atoms with Gasteiger partial charge in [-0.3, -0.25) is 19.4 Å². The Morgan fingerprint density at radius 3 is 2.69 bits per heavy atom. The van der Waals surface area contributed by atoms with E-state index in [2.05, 4.69) is 20.9 Å². The van der Waals surface area contributed by atoms with Crippen LogP contribution in [-0.2, 0) is 30.3 Å². The number of nitrogens with one attached hydrogen (secondary N) is 3. The number of esters is 1. The second-order valence-corrected chi connectivity index (χ2v) is 6.86. The molecule has 10 heteroatoms. The molecule has 0 radical (unpaired) electrons. The third-order valence-electron chi connectivity index (χ3n) is 4.65. The summed E-state index contributed by atoms with van der Waals surface area (Å²) in [6.07, 6.45) is 4.90. The molecule has 1 aliphatic rings. The van der Waals surface area contributed by atoms with E-state index >= 15 is 0 Å². The highest BCUT2D eigenvalue weighted by molar-refractivity contribution is 5.92. The molecule has 0 aliphatic carbocycles. The Hall–Kier alpha value is -3.01. The second kappa shape index (κ2) is 11.1. The molecule has 0 aromatic carbocycles. The topological polar surface area (TPSA) is 153 Å². The Morgan fingerprint density at radius 1 is 1.31 bits per heavy atom. The summed E-state index contributed by atoms with van der Waals surface area (Å²) in [6, 6.07) is 1.20. The van der Waals surface area contributed by atoms with Gasteiger partial charge in [-0.2, -0.15) is 0 Å². The van der Waals surface area contributed by atoms with Crippen molar-refractivity contribution < 1.29 is 23.9 Å². The summed E-state index contributed by atoms with van der Waals surface area (Å²) < 4.78 is 4.69. The van der Waals surface area contributed by atoms with E-state index in [1.807, 2.05) is 0 Å². The smallest absolute Gasteiger partial charge is 0.328 e. The van der Waals surface area contributed by atoms with Crippen LogP contribution in [0.5, 0.6) is 0 Å². The van der Waals surface area contributed by atoms with Crippen LogP contribution in [0.15, 0.2) is 24.5 Å². The summed E-state index contributed by atoms with van der Waals surface area (Å²) in [5.74, 6) is -2.12. The average Bonchev–Trinajstić information content (AvgIpc) is 3.25. The molecule has 0 spiro atoms. The molecule has 3 atom stereocenters. The highest BCUT2D eigenvalue weighted by Gasteiger charge is 2.30. The molecule has 2 rings (SSSR count). The van der Waals surface area contributed by atoms with Crippen molar-refractivity contribution in [1.82, 2.24) is 20.9 Å². The van der Waals surface area contributed by atoms with Gasteiger partial charge in [0.15, 0.2) is 0 Å². The van der Waals surface area contributed by atoms with Crippen molar-refractivity contribution in [2.45, 2.75) is 50.2 Å². The van der Waals surface area contributed by atoms with E-state index in [1.54, 1.807) is 24.5 Å². The molecule has 2 heterocycles. The van der Waals surface area contributed by atoms with Crippen molar-refractivity contribution in [2.75, 3.05) is 13.7 Å². The summed E-state index contributed by atoms with van der Waals surface area (Å²) in [5, 5.41) is 8.40. The number of hydrogen-bond acceptors (Lipinski definition) is 7. The lowest BCUT2D eigenvalue weighted by molar-refractivity contribution is -0.145. The first-order valence-electron chi connectivity index (χ1n) is 9.50. The maximum Gasteiger partial charge on any atom is 0.328 e. The maximum absolute atomic E-state index is 12.9. The van der Waals surface area contributed by atoms with Crippen molar-refractivity contribution in [3.05, 3.63) is 30.1 Å². The number of amides is 3. The predicted molar refractivity (Wildman–Crippen MR) is 103 cm³/mol. The number of methoxy groups -OCH3 is 1. The number of carbonyl (C=O) groups excluding carboxylic acids is 4. The van der Waals surface area contributed by atoms with Crippen molar-refractivity contribution in [3.63, 3.8) is 0 Å². The molecule has 1 fully saturated rings. The van der Waals surface area contributed by atoms with E-state index < -0.39 is 29.9 Å². The molecule has 1 aromatic rings. The highest BCUT2D eigenvalue weighted by Crippen LogP contribution is 2.08. The number of pyridine rings is 1. The van der Waals surface area contributed by atoms with Crippen molar-refractivity contribution >= 4 is 23.7 Å². The van der Waals surface area contributed by atoms with Gasteiger partial charge in [0, 0.05) is 25.2 Å². The second-order valence-electron chi connectivity index (χ2n) is 6.86. The first-order valence-corrected chi connectivity index (χ1v) is 9.50. The summed E-state index contributed by atoms with van der Waals surface area (Å²) in [4.78, 5) is 52.5. The molecular weight excluding hydrogens is 378 g/mol. The van der Waals surface area contributed by atoms with Gasteiger partial charge in [0.25, 0.3) is 0 Å². The minimum Gasteiger partial charge on any atom is -0.467 e. The Kier molecular flexibility index (Phi) is 8.53. The molecule has 0 unspecified atom stereocenters. The lowest BCUT2D eigenvalue weighted by Crippen LogP contribution is -2.55. The van der Waals surface area contributed by atoms with Gasteiger partial charge in [-0.25, -0.2) is 4.79 Å². The standard InChI is InChI=1S/C19H27N5O5/c1-29-19(28)14(6-7-16(20)25)23-18(27)15(10-12-4-2-8-21-11-12)24-17(26)13-5-3-9-22-13/h2,4,8,11,13-15,22H,3,5-7,9-10H2,1H3,(H2,20,25)(H,23,27)(H,24,26)/t13-,14-,15-/m0/s1. The van der Waals surface area contributed by atoms with Gasteiger partial charge >= 0.3 is 5.97 Å². The highest BCUT2D eigenvalue weighted by atomic mass is 16.5. The van der Waals surface area contributed by atoms with Gasteiger partial charge in [0.1, 0.15) is 12.1 Å². The maximum atomic E-state index is 12.9. The number of rotatable bonds is 10. The van der Waals surface area contributed by atoms with Crippen molar-refractivity contribution in [3.8, 4) is 0 Å². The van der Waals surface area contributed by atoms with Gasteiger partial charge < -0.3 is 26.4 Å². The molecule has 29 heavy (non-hydrogen) atoms. The van der Waals surface area contributed by atoms with E-state index in [0.29, 0.717) is 6.42 Å². The van der Waals surface area contributed by atoms with Crippen LogP contribution in [0.2, 0.25) is 0 Å². The van der Waals surface area contributed by atoms with Crippen molar-refractivity contribution in [2.24, 2.45) is 5.73 Å². The van der Waals surface area contributed by atoms with E-state index in [4.69, 9.17) is 10.5 Å². The summed E-state index contributed by atoms with van der Waals surface area (Å²) in [6.45, 7) is 0.745. The van der Waals surface area contributed by atoms with Gasteiger partial charge in [-0.15, -0.1) is 0 Å². The average molecular weight is 405 g/mol. The number of hydrogen-bond donors (Lipinski definition) is 4. The number of nitrogens with zero attached hydrogens (tertiary/aromatic N) is 1. The van der Waals surface area contributed by atoms with Crippen LogP contribution in [-0.4, -0.2) is 60.5 Å². The van der Waals surface area contributed by atoms with Crippen LogP contribution < -0.4 is 21.7 Å². The Bertz CT molecular complexity index is 721. The fourth-order valence-electron chi connectivity index (χ4n) is 3.09. The van der Waals surface area contributed by atoms with Gasteiger partial charge in [0.05, 0.1) is 13.2 Å². The molecule has 0 saturated carbocycles. The quantitative estimate of drug-likeness (QED) is 0.356. The zero-order valence-corrected chi connectivity index (χ0v) is 16.3. The SMILES string of the molecule is COC(=O)[C@H](CCC(N)=O)NC(=O)[C@H](Cc1cccnc1)NC(=O)[C@@H]1CCCN1.